The maximum atomic E-state index is 11.7. The Morgan fingerprint density at radius 1 is 0.953 bits per heavy atom. The molecule has 0 aliphatic carbocycles. The third kappa shape index (κ3) is 7.79. The predicted octanol–water partition coefficient (Wildman–Crippen LogP) is 10.6. The minimum Gasteiger partial charge on any atom is 0 e. The number of aliphatic hydroxyl groups is 1. The minimum atomic E-state index is -1.74. The van der Waals surface area contributed by atoms with Crippen LogP contribution in [0, 0.1) is 24.8 Å². The smallest absolute Gasteiger partial charge is 0 e. The topological polar surface area (TPSA) is 59.4 Å². The van der Waals surface area contributed by atoms with Gasteiger partial charge in [0.1, 0.15) is 0 Å². The SMILES string of the molecule is CCC(CC)C(=O)/C=C(\O)C(CC)CC.Cc1c2c([c-]c3ccccc13)-c1nccc3c([CH2][Ge]([CH3])([CH3])[CH3])ccc(c13)O2.[Ir]. The number of rotatable bonds is 9. The number of hydrogen-bond acceptors (Lipinski definition) is 4. The summed E-state index contributed by atoms with van der Waals surface area (Å²) in [5, 5.41) is 15.7. The Hall–Kier alpha value is -2.47. The van der Waals surface area contributed by atoms with Crippen molar-refractivity contribution in [3.63, 3.8) is 0 Å². The Morgan fingerprint density at radius 3 is 2.23 bits per heavy atom. The Kier molecular flexibility index (Phi) is 12.2. The molecule has 0 bridgehead atoms. The van der Waals surface area contributed by atoms with Gasteiger partial charge in [-0.3, -0.25) is 4.79 Å². The predicted molar refractivity (Wildman–Crippen MR) is 179 cm³/mol. The average molecular weight is 818 g/mol. The molecule has 4 aromatic rings. The first kappa shape index (κ1) is 35.0. The molecule has 1 N–H and O–H groups in total. The third-order valence-corrected chi connectivity index (χ3v) is 11.4. The van der Waals surface area contributed by atoms with Crippen molar-refractivity contribution in [2.45, 2.75) is 82.8 Å². The first-order valence-corrected chi connectivity index (χ1v) is 23.3. The van der Waals surface area contributed by atoms with Gasteiger partial charge in [0.15, 0.2) is 5.78 Å². The van der Waals surface area contributed by atoms with Crippen molar-refractivity contribution in [2.24, 2.45) is 11.8 Å². The van der Waals surface area contributed by atoms with Gasteiger partial charge in [-0.15, -0.1) is 0 Å². The van der Waals surface area contributed by atoms with E-state index in [1.165, 1.54) is 27.7 Å². The summed E-state index contributed by atoms with van der Waals surface area (Å²) < 4.78 is 6.42. The molecule has 0 fully saturated rings. The van der Waals surface area contributed by atoms with E-state index in [1.807, 2.05) is 33.9 Å². The van der Waals surface area contributed by atoms with Gasteiger partial charge in [-0.05, 0) is 25.7 Å². The van der Waals surface area contributed by atoms with Gasteiger partial charge in [0, 0.05) is 38.0 Å². The number of aliphatic hydroxyl groups excluding tert-OH is 1. The van der Waals surface area contributed by atoms with E-state index in [9.17, 15) is 9.90 Å². The number of fused-ring (bicyclic) bond motifs is 3. The van der Waals surface area contributed by atoms with E-state index < -0.39 is 13.3 Å². The molecular formula is C37H46GeIrNO3-. The molecule has 1 aliphatic heterocycles. The number of ketones is 1. The zero-order valence-electron chi connectivity index (χ0n) is 26.9. The summed E-state index contributed by atoms with van der Waals surface area (Å²) >= 11 is -1.74. The number of ether oxygens (including phenoxy) is 1. The van der Waals surface area contributed by atoms with E-state index >= 15 is 0 Å². The second kappa shape index (κ2) is 15.0. The fourth-order valence-electron chi connectivity index (χ4n) is 5.93. The number of allylic oxidation sites excluding steroid dienone is 2. The maximum absolute atomic E-state index is 11.7. The molecule has 2 heterocycles. The number of pyridine rings is 1. The number of aryl methyl sites for hydroxylation is 1. The molecule has 6 heteroatoms. The second-order valence-corrected chi connectivity index (χ2v) is 24.1. The molecule has 1 aromatic heterocycles. The Balaban J connectivity index is 0.000000274. The number of aromatic nitrogens is 1. The minimum absolute atomic E-state index is 0. The summed E-state index contributed by atoms with van der Waals surface area (Å²) in [5.41, 5.74) is 4.56. The number of carbonyl (C=O) groups excluding carboxylic acids is 1. The molecule has 0 amide bonds. The molecular weight excluding hydrogens is 771 g/mol. The van der Waals surface area contributed by atoms with Crippen LogP contribution >= 0.6 is 0 Å². The van der Waals surface area contributed by atoms with Gasteiger partial charge in [0.2, 0.25) is 0 Å². The molecule has 1 aliphatic rings. The second-order valence-electron chi connectivity index (χ2n) is 12.6. The van der Waals surface area contributed by atoms with Crippen molar-refractivity contribution < 1.29 is 34.7 Å². The molecule has 3 aromatic carbocycles. The summed E-state index contributed by atoms with van der Waals surface area (Å²) in [6.07, 6.45) is 6.84. The van der Waals surface area contributed by atoms with Crippen LogP contribution < -0.4 is 4.74 Å². The fourth-order valence-corrected chi connectivity index (χ4v) is 8.98. The van der Waals surface area contributed by atoms with E-state index in [0.29, 0.717) is 0 Å². The van der Waals surface area contributed by atoms with Crippen LogP contribution in [0.1, 0.15) is 64.5 Å². The van der Waals surface area contributed by atoms with Gasteiger partial charge in [0.25, 0.3) is 0 Å². The molecule has 0 saturated heterocycles. The van der Waals surface area contributed by atoms with Gasteiger partial charge in [-0.25, -0.2) is 0 Å². The molecule has 231 valence electrons. The molecule has 0 saturated carbocycles. The number of benzene rings is 3. The van der Waals surface area contributed by atoms with Gasteiger partial charge >= 0.3 is 163 Å². The zero-order valence-corrected chi connectivity index (χ0v) is 31.4. The first-order chi connectivity index (χ1) is 20.0. The summed E-state index contributed by atoms with van der Waals surface area (Å²) in [4.78, 5) is 16.5. The molecule has 0 spiro atoms. The van der Waals surface area contributed by atoms with Crippen LogP contribution in [0.5, 0.6) is 11.5 Å². The van der Waals surface area contributed by atoms with Crippen LogP contribution in [0.25, 0.3) is 32.8 Å². The van der Waals surface area contributed by atoms with Gasteiger partial charge in [0.05, 0.1) is 5.76 Å². The van der Waals surface area contributed by atoms with Crippen LogP contribution in [0.2, 0.25) is 17.3 Å². The number of carbonyl (C=O) groups is 1. The Labute approximate surface area is 274 Å². The van der Waals surface area contributed by atoms with Gasteiger partial charge < -0.3 is 5.11 Å². The van der Waals surface area contributed by atoms with E-state index in [2.05, 4.69) is 72.7 Å². The van der Waals surface area contributed by atoms with Crippen LogP contribution in [-0.4, -0.2) is 29.1 Å². The summed E-state index contributed by atoms with van der Waals surface area (Å²) in [5.74, 6) is 9.74. The third-order valence-electron chi connectivity index (χ3n) is 8.39. The van der Waals surface area contributed by atoms with Crippen LogP contribution in [0.15, 0.2) is 60.5 Å². The first-order valence-electron chi connectivity index (χ1n) is 15.5. The maximum Gasteiger partial charge on any atom is 0 e. The van der Waals surface area contributed by atoms with E-state index in [-0.39, 0.29) is 43.5 Å². The van der Waals surface area contributed by atoms with Crippen molar-refractivity contribution in [1.82, 2.24) is 4.98 Å². The summed E-state index contributed by atoms with van der Waals surface area (Å²) in [7, 11) is 0. The van der Waals surface area contributed by atoms with E-state index in [1.54, 1.807) is 0 Å². The van der Waals surface area contributed by atoms with Crippen molar-refractivity contribution >= 4 is 40.6 Å². The summed E-state index contributed by atoms with van der Waals surface area (Å²) in [6, 6.07) is 18.5. The number of hydrogen-bond donors (Lipinski definition) is 1. The van der Waals surface area contributed by atoms with Gasteiger partial charge in [-0.2, -0.15) is 0 Å². The zero-order chi connectivity index (χ0) is 30.6. The quantitative estimate of drug-likeness (QED) is 0.0697. The van der Waals surface area contributed by atoms with Gasteiger partial charge in [-0.1, -0.05) is 27.7 Å². The Morgan fingerprint density at radius 2 is 1.60 bits per heavy atom. The van der Waals surface area contributed by atoms with Crippen molar-refractivity contribution in [3.05, 3.63) is 77.7 Å². The Bertz CT molecular complexity index is 1610. The molecule has 0 unspecified atom stereocenters. The summed E-state index contributed by atoms with van der Waals surface area (Å²) in [6.45, 7) is 10.2. The molecule has 1 radical (unpaired) electrons. The largest absolute Gasteiger partial charge is 0 e. The standard InChI is InChI=1S/C24H22GeNO.C13H24O2.Ir/c1-15-18-8-6-5-7-16(18)13-20-23-22-19(11-12-26-23)17(14-25(2,3)4)9-10-21(22)27-24(15)20;1-5-10(6-2)12(14)9-13(15)11(7-3)8-4;/h5-12H,14H2,1-4H3;9-11,14H,5-8H2,1-4H3;/q-1;;/b;12-9-;. The molecule has 4 nitrogen and oxygen atoms in total. The molecule has 43 heavy (non-hydrogen) atoms. The normalized spacial score (nSPS) is 12.5. The number of nitrogens with zero attached hydrogens (tertiary/aromatic N) is 1. The fraction of sp³-hybridized carbons (Fsp3) is 0.405. The van der Waals surface area contributed by atoms with Crippen LogP contribution in [-0.2, 0) is 30.2 Å². The molecule has 0 atom stereocenters. The van der Waals surface area contributed by atoms with Crippen molar-refractivity contribution in [1.29, 1.82) is 0 Å². The van der Waals surface area contributed by atoms with Crippen molar-refractivity contribution in [3.8, 4) is 22.8 Å². The van der Waals surface area contributed by atoms with Crippen molar-refractivity contribution in [2.75, 3.05) is 0 Å². The van der Waals surface area contributed by atoms with Crippen LogP contribution in [0.4, 0.5) is 0 Å². The average Bonchev–Trinajstić information content (AvgIpc) is 2.96. The molecule has 5 rings (SSSR count). The van der Waals surface area contributed by atoms with Crippen LogP contribution in [0.3, 0.4) is 0 Å². The van der Waals surface area contributed by atoms with E-state index in [0.717, 1.165) is 64.8 Å². The monoisotopic (exact) mass is 819 g/mol. The van der Waals surface area contributed by atoms with E-state index in [4.69, 9.17) is 9.72 Å².